The monoisotopic (exact) mass is 369 g/mol. The molecule has 6 nitrogen and oxygen atoms in total. The molecule has 1 aromatic carbocycles. The van der Waals surface area contributed by atoms with Crippen LogP contribution in [-0.4, -0.2) is 50.0 Å². The van der Waals surface area contributed by atoms with E-state index in [2.05, 4.69) is 0 Å². The van der Waals surface area contributed by atoms with Gasteiger partial charge in [0.1, 0.15) is 5.75 Å². The van der Waals surface area contributed by atoms with Crippen LogP contribution in [0.4, 0.5) is 5.69 Å². The molecular formula is C18H28ClN3O3. The van der Waals surface area contributed by atoms with E-state index in [1.165, 1.54) is 0 Å². The van der Waals surface area contributed by atoms with Crippen molar-refractivity contribution < 1.29 is 14.3 Å². The van der Waals surface area contributed by atoms with E-state index in [1.807, 2.05) is 26.0 Å². The Balaban J connectivity index is 0.00000312. The molecule has 0 aromatic heterocycles. The van der Waals surface area contributed by atoms with Crippen LogP contribution in [0, 0.1) is 5.41 Å². The zero-order valence-electron chi connectivity index (χ0n) is 15.2. The quantitative estimate of drug-likeness (QED) is 0.798. The fourth-order valence-electron chi connectivity index (χ4n) is 2.71. The maximum atomic E-state index is 12.2. The maximum absolute atomic E-state index is 12.2. The van der Waals surface area contributed by atoms with Crippen molar-refractivity contribution in [1.82, 2.24) is 4.90 Å². The summed E-state index contributed by atoms with van der Waals surface area (Å²) in [7, 11) is 1.75. The molecular weight excluding hydrogens is 342 g/mol. The molecule has 0 unspecified atom stereocenters. The summed E-state index contributed by atoms with van der Waals surface area (Å²) in [4.78, 5) is 27.4. The third-order valence-electron chi connectivity index (χ3n) is 4.21. The molecule has 2 N–H and O–H groups in total. The summed E-state index contributed by atoms with van der Waals surface area (Å²) in [6.45, 7) is 5.83. The summed E-state index contributed by atoms with van der Waals surface area (Å²) >= 11 is 0. The smallest absolute Gasteiger partial charge is 0.260 e. The van der Waals surface area contributed by atoms with Crippen molar-refractivity contribution in [2.45, 2.75) is 26.7 Å². The average molecular weight is 370 g/mol. The molecule has 7 heteroatoms. The predicted molar refractivity (Wildman–Crippen MR) is 101 cm³/mol. The Kier molecular flexibility index (Phi) is 7.70. The number of rotatable bonds is 7. The minimum absolute atomic E-state index is 0. The van der Waals surface area contributed by atoms with E-state index >= 15 is 0 Å². The molecule has 0 radical (unpaired) electrons. The van der Waals surface area contributed by atoms with Gasteiger partial charge < -0.3 is 20.3 Å². The molecule has 1 aliphatic rings. The van der Waals surface area contributed by atoms with E-state index < -0.39 is 0 Å². The van der Waals surface area contributed by atoms with Gasteiger partial charge in [-0.2, -0.15) is 0 Å². The van der Waals surface area contributed by atoms with Gasteiger partial charge in [-0.25, -0.2) is 0 Å². The standard InChI is InChI=1S/C18H27N3O3.ClH/c1-18(2,12-19)13-20(3)17(23)11-24-15-7-4-6-14(10-15)21-9-5-8-16(21)22;/h4,6-7,10H,5,8-9,11-13,19H2,1-3H3;1H. The summed E-state index contributed by atoms with van der Waals surface area (Å²) in [6.07, 6.45) is 1.47. The first-order valence-corrected chi connectivity index (χ1v) is 8.30. The fraction of sp³-hybridized carbons (Fsp3) is 0.556. The first-order chi connectivity index (χ1) is 11.3. The Hall–Kier alpha value is -1.79. The average Bonchev–Trinajstić information content (AvgIpc) is 2.98. The Morgan fingerprint density at radius 3 is 2.72 bits per heavy atom. The molecule has 0 aliphatic carbocycles. The van der Waals surface area contributed by atoms with E-state index in [0.29, 0.717) is 25.3 Å². The Morgan fingerprint density at radius 2 is 2.12 bits per heavy atom. The predicted octanol–water partition coefficient (Wildman–Crippen LogP) is 2.06. The number of hydrogen-bond donors (Lipinski definition) is 1. The third-order valence-corrected chi connectivity index (χ3v) is 4.21. The van der Waals surface area contributed by atoms with Gasteiger partial charge in [0.05, 0.1) is 0 Å². The second kappa shape index (κ2) is 9.06. The van der Waals surface area contributed by atoms with Crippen LogP contribution in [0.5, 0.6) is 5.75 Å². The second-order valence-electron chi connectivity index (χ2n) is 7.05. The lowest BCUT2D eigenvalue weighted by molar-refractivity contribution is -0.133. The van der Waals surface area contributed by atoms with Gasteiger partial charge in [-0.1, -0.05) is 19.9 Å². The van der Waals surface area contributed by atoms with E-state index in [1.54, 1.807) is 29.0 Å². The van der Waals surface area contributed by atoms with E-state index in [-0.39, 0.29) is 36.2 Å². The zero-order chi connectivity index (χ0) is 17.7. The number of nitrogens with zero attached hydrogens (tertiary/aromatic N) is 2. The van der Waals surface area contributed by atoms with Gasteiger partial charge in [0.15, 0.2) is 6.61 Å². The van der Waals surface area contributed by atoms with Gasteiger partial charge in [0.2, 0.25) is 5.91 Å². The maximum Gasteiger partial charge on any atom is 0.260 e. The van der Waals surface area contributed by atoms with Gasteiger partial charge in [-0.15, -0.1) is 12.4 Å². The number of nitrogens with two attached hydrogens (primary N) is 1. The van der Waals surface area contributed by atoms with Crippen LogP contribution >= 0.6 is 12.4 Å². The molecule has 1 saturated heterocycles. The number of anilines is 1. The van der Waals surface area contributed by atoms with Crippen LogP contribution < -0.4 is 15.4 Å². The molecule has 1 heterocycles. The van der Waals surface area contributed by atoms with Gasteiger partial charge in [0.25, 0.3) is 5.91 Å². The van der Waals surface area contributed by atoms with Crippen molar-refractivity contribution in [3.05, 3.63) is 24.3 Å². The zero-order valence-corrected chi connectivity index (χ0v) is 16.0. The molecule has 1 aromatic rings. The minimum Gasteiger partial charge on any atom is -0.484 e. The largest absolute Gasteiger partial charge is 0.484 e. The van der Waals surface area contributed by atoms with Gasteiger partial charge >= 0.3 is 0 Å². The van der Waals surface area contributed by atoms with E-state index in [9.17, 15) is 9.59 Å². The van der Waals surface area contributed by atoms with Crippen LogP contribution in [0.25, 0.3) is 0 Å². The van der Waals surface area contributed by atoms with Crippen molar-refractivity contribution in [3.8, 4) is 5.75 Å². The normalized spacial score (nSPS) is 14.2. The lowest BCUT2D eigenvalue weighted by Gasteiger charge is -2.29. The van der Waals surface area contributed by atoms with E-state index in [0.717, 1.165) is 18.7 Å². The highest BCUT2D eigenvalue weighted by atomic mass is 35.5. The fourth-order valence-corrected chi connectivity index (χ4v) is 2.71. The number of ether oxygens (including phenoxy) is 1. The Morgan fingerprint density at radius 1 is 1.40 bits per heavy atom. The molecule has 0 bridgehead atoms. The summed E-state index contributed by atoms with van der Waals surface area (Å²) < 4.78 is 5.61. The van der Waals surface area contributed by atoms with E-state index in [4.69, 9.17) is 10.5 Å². The Labute approximate surface area is 155 Å². The SMILES string of the molecule is CN(CC(C)(C)CN)C(=O)COc1cccc(N2CCCC2=O)c1.Cl. The molecule has 0 atom stereocenters. The number of hydrogen-bond acceptors (Lipinski definition) is 4. The molecule has 0 spiro atoms. The number of likely N-dealkylation sites (N-methyl/N-ethyl adjacent to an activating group) is 1. The molecule has 1 aliphatic heterocycles. The van der Waals surface area contributed by atoms with Gasteiger partial charge in [-0.3, -0.25) is 9.59 Å². The molecule has 2 amide bonds. The van der Waals surface area contributed by atoms with Gasteiger partial charge in [0, 0.05) is 38.3 Å². The van der Waals surface area contributed by atoms with Crippen LogP contribution in [0.1, 0.15) is 26.7 Å². The van der Waals surface area contributed by atoms with Crippen LogP contribution in [0.15, 0.2) is 24.3 Å². The number of carbonyl (C=O) groups excluding carboxylic acids is 2. The van der Waals surface area contributed by atoms with Crippen molar-refractivity contribution >= 4 is 29.9 Å². The van der Waals surface area contributed by atoms with Crippen LogP contribution in [0.2, 0.25) is 0 Å². The number of benzene rings is 1. The number of carbonyl (C=O) groups is 2. The molecule has 140 valence electrons. The summed E-state index contributed by atoms with van der Waals surface area (Å²) in [5.41, 5.74) is 6.40. The highest BCUT2D eigenvalue weighted by molar-refractivity contribution is 5.95. The molecule has 2 rings (SSSR count). The molecule has 1 fully saturated rings. The van der Waals surface area contributed by atoms with Crippen LogP contribution in [0.3, 0.4) is 0 Å². The van der Waals surface area contributed by atoms with Crippen molar-refractivity contribution in [1.29, 1.82) is 0 Å². The first-order valence-electron chi connectivity index (χ1n) is 8.30. The van der Waals surface area contributed by atoms with Crippen molar-refractivity contribution in [2.75, 3.05) is 38.2 Å². The molecule has 0 saturated carbocycles. The molecule has 25 heavy (non-hydrogen) atoms. The van der Waals surface area contributed by atoms with Gasteiger partial charge in [-0.05, 0) is 30.5 Å². The number of amides is 2. The second-order valence-corrected chi connectivity index (χ2v) is 7.05. The lowest BCUT2D eigenvalue weighted by Crippen LogP contribution is -2.41. The topological polar surface area (TPSA) is 75.9 Å². The number of halogens is 1. The highest BCUT2D eigenvalue weighted by Crippen LogP contribution is 2.25. The van der Waals surface area contributed by atoms with Crippen molar-refractivity contribution in [3.63, 3.8) is 0 Å². The summed E-state index contributed by atoms with van der Waals surface area (Å²) in [6, 6.07) is 7.32. The third kappa shape index (κ3) is 5.90. The van der Waals surface area contributed by atoms with Crippen LogP contribution in [-0.2, 0) is 9.59 Å². The minimum atomic E-state index is -0.125. The summed E-state index contributed by atoms with van der Waals surface area (Å²) in [5, 5.41) is 0. The summed E-state index contributed by atoms with van der Waals surface area (Å²) in [5.74, 6) is 0.623. The van der Waals surface area contributed by atoms with Crippen molar-refractivity contribution in [2.24, 2.45) is 11.1 Å². The first kappa shape index (κ1) is 21.3. The Bertz CT molecular complexity index is 607. The highest BCUT2D eigenvalue weighted by Gasteiger charge is 2.23. The lowest BCUT2D eigenvalue weighted by atomic mass is 9.93.